The van der Waals surface area contributed by atoms with Crippen molar-refractivity contribution in [2.75, 3.05) is 18.0 Å². The first-order valence-corrected chi connectivity index (χ1v) is 5.96. The van der Waals surface area contributed by atoms with Crippen molar-refractivity contribution in [2.24, 2.45) is 11.8 Å². The number of aliphatic hydroxyl groups is 1. The lowest BCUT2D eigenvalue weighted by atomic mass is 10.00. The van der Waals surface area contributed by atoms with Gasteiger partial charge in [-0.1, -0.05) is 0 Å². The predicted octanol–water partition coefficient (Wildman–Crippen LogP) is 0.992. The lowest BCUT2D eigenvalue weighted by Crippen LogP contribution is -2.25. The summed E-state index contributed by atoms with van der Waals surface area (Å²) in [6.45, 7) is 3.90. The van der Waals surface area contributed by atoms with Gasteiger partial charge in [0.15, 0.2) is 0 Å². The fourth-order valence-electron chi connectivity index (χ4n) is 3.04. The Balaban J connectivity index is 1.79. The molecular weight excluding hydrogens is 202 g/mol. The highest BCUT2D eigenvalue weighted by Gasteiger charge is 2.42. The minimum absolute atomic E-state index is 0.0991. The number of rotatable bonds is 1. The van der Waals surface area contributed by atoms with Gasteiger partial charge in [-0.3, -0.25) is 0 Å². The van der Waals surface area contributed by atoms with Crippen molar-refractivity contribution < 1.29 is 5.11 Å². The molecule has 1 aromatic rings. The van der Waals surface area contributed by atoms with Crippen LogP contribution in [-0.2, 0) is 0 Å². The van der Waals surface area contributed by atoms with Crippen LogP contribution in [0.1, 0.15) is 18.7 Å². The normalized spacial score (nSPS) is 33.1. The van der Waals surface area contributed by atoms with Crippen molar-refractivity contribution in [1.82, 2.24) is 9.97 Å². The molecule has 16 heavy (non-hydrogen) atoms. The van der Waals surface area contributed by atoms with Gasteiger partial charge < -0.3 is 10.0 Å². The van der Waals surface area contributed by atoms with Gasteiger partial charge in [0.05, 0.1) is 6.10 Å². The highest BCUT2D eigenvalue weighted by Crippen LogP contribution is 2.39. The molecule has 3 rings (SSSR count). The third-order valence-electron chi connectivity index (χ3n) is 3.90. The van der Waals surface area contributed by atoms with Crippen LogP contribution in [0, 0.1) is 18.8 Å². The molecule has 1 N–H and O–H groups in total. The van der Waals surface area contributed by atoms with Crippen molar-refractivity contribution in [3.8, 4) is 0 Å². The van der Waals surface area contributed by atoms with Gasteiger partial charge in [-0.05, 0) is 31.7 Å². The first-order chi connectivity index (χ1) is 7.74. The summed E-state index contributed by atoms with van der Waals surface area (Å²) >= 11 is 0. The molecule has 0 aromatic carbocycles. The molecule has 1 aliphatic carbocycles. The average molecular weight is 219 g/mol. The maximum absolute atomic E-state index is 9.86. The molecule has 1 aliphatic heterocycles. The van der Waals surface area contributed by atoms with Crippen LogP contribution in [0.4, 0.5) is 5.82 Å². The molecule has 4 heteroatoms. The van der Waals surface area contributed by atoms with Crippen LogP contribution in [0.5, 0.6) is 0 Å². The minimum Gasteiger partial charge on any atom is -0.393 e. The Labute approximate surface area is 95.3 Å². The summed E-state index contributed by atoms with van der Waals surface area (Å²) in [5, 5.41) is 9.86. The quantitative estimate of drug-likeness (QED) is 0.765. The SMILES string of the molecule is Cc1nccc(N2CC3CCC(O)C3C2)n1. The monoisotopic (exact) mass is 219 g/mol. The molecule has 3 atom stereocenters. The molecule has 1 saturated carbocycles. The van der Waals surface area contributed by atoms with E-state index < -0.39 is 0 Å². The zero-order valence-corrected chi connectivity index (χ0v) is 9.50. The zero-order chi connectivity index (χ0) is 11.1. The summed E-state index contributed by atoms with van der Waals surface area (Å²) in [5.41, 5.74) is 0. The van der Waals surface area contributed by atoms with Gasteiger partial charge in [0.25, 0.3) is 0 Å². The number of hydrogen-bond acceptors (Lipinski definition) is 4. The van der Waals surface area contributed by atoms with E-state index >= 15 is 0 Å². The molecule has 1 aromatic heterocycles. The highest BCUT2D eigenvalue weighted by atomic mass is 16.3. The number of aliphatic hydroxyl groups excluding tert-OH is 1. The Hall–Kier alpha value is -1.16. The predicted molar refractivity (Wildman–Crippen MR) is 61.2 cm³/mol. The summed E-state index contributed by atoms with van der Waals surface area (Å²) in [6, 6.07) is 1.96. The second-order valence-electron chi connectivity index (χ2n) is 4.94. The lowest BCUT2D eigenvalue weighted by molar-refractivity contribution is 0.133. The molecular formula is C12H17N3O. The summed E-state index contributed by atoms with van der Waals surface area (Å²) < 4.78 is 0. The van der Waals surface area contributed by atoms with Crippen molar-refractivity contribution in [2.45, 2.75) is 25.9 Å². The highest BCUT2D eigenvalue weighted by molar-refractivity contribution is 5.39. The van der Waals surface area contributed by atoms with Crippen LogP contribution in [0.15, 0.2) is 12.3 Å². The van der Waals surface area contributed by atoms with Gasteiger partial charge >= 0.3 is 0 Å². The van der Waals surface area contributed by atoms with Gasteiger partial charge in [-0.25, -0.2) is 9.97 Å². The number of aryl methyl sites for hydroxylation is 1. The Morgan fingerprint density at radius 1 is 1.38 bits per heavy atom. The van der Waals surface area contributed by atoms with Gasteiger partial charge in [-0.15, -0.1) is 0 Å². The molecule has 86 valence electrons. The summed E-state index contributed by atoms with van der Waals surface area (Å²) in [5.74, 6) is 2.93. The fraction of sp³-hybridized carbons (Fsp3) is 0.667. The molecule has 0 bridgehead atoms. The van der Waals surface area contributed by atoms with E-state index in [9.17, 15) is 5.11 Å². The van der Waals surface area contributed by atoms with E-state index in [1.807, 2.05) is 19.2 Å². The average Bonchev–Trinajstić information content (AvgIpc) is 2.81. The molecule has 1 saturated heterocycles. The Morgan fingerprint density at radius 2 is 2.25 bits per heavy atom. The van der Waals surface area contributed by atoms with E-state index in [0.29, 0.717) is 11.8 Å². The third kappa shape index (κ3) is 1.57. The number of anilines is 1. The number of fused-ring (bicyclic) bond motifs is 1. The Bertz CT molecular complexity index is 396. The van der Waals surface area contributed by atoms with Crippen LogP contribution in [-0.4, -0.2) is 34.3 Å². The molecule has 2 heterocycles. The van der Waals surface area contributed by atoms with Crippen LogP contribution in [0.3, 0.4) is 0 Å². The molecule has 2 aliphatic rings. The van der Waals surface area contributed by atoms with E-state index in [4.69, 9.17) is 0 Å². The first-order valence-electron chi connectivity index (χ1n) is 5.96. The smallest absolute Gasteiger partial charge is 0.132 e. The topological polar surface area (TPSA) is 49.2 Å². The summed E-state index contributed by atoms with van der Waals surface area (Å²) in [4.78, 5) is 10.8. The first kappa shape index (κ1) is 10.0. The fourth-order valence-corrected chi connectivity index (χ4v) is 3.04. The van der Waals surface area contributed by atoms with E-state index in [0.717, 1.165) is 37.6 Å². The molecule has 2 fully saturated rings. The second kappa shape index (κ2) is 3.70. The number of aromatic nitrogens is 2. The maximum atomic E-state index is 9.86. The minimum atomic E-state index is -0.0991. The van der Waals surface area contributed by atoms with E-state index in [2.05, 4.69) is 14.9 Å². The Morgan fingerprint density at radius 3 is 3.00 bits per heavy atom. The summed E-state index contributed by atoms with van der Waals surface area (Å²) in [6.07, 6.45) is 3.85. The van der Waals surface area contributed by atoms with Crippen molar-refractivity contribution in [1.29, 1.82) is 0 Å². The van der Waals surface area contributed by atoms with Crippen molar-refractivity contribution >= 4 is 5.82 Å². The van der Waals surface area contributed by atoms with Crippen molar-refractivity contribution in [3.63, 3.8) is 0 Å². The van der Waals surface area contributed by atoms with Gasteiger partial charge in [-0.2, -0.15) is 0 Å². The zero-order valence-electron chi connectivity index (χ0n) is 9.50. The van der Waals surface area contributed by atoms with Crippen LogP contribution >= 0.6 is 0 Å². The van der Waals surface area contributed by atoms with Crippen molar-refractivity contribution in [3.05, 3.63) is 18.1 Å². The van der Waals surface area contributed by atoms with Crippen LogP contribution < -0.4 is 4.90 Å². The molecule has 0 amide bonds. The summed E-state index contributed by atoms with van der Waals surface area (Å²) in [7, 11) is 0. The maximum Gasteiger partial charge on any atom is 0.132 e. The van der Waals surface area contributed by atoms with E-state index in [1.165, 1.54) is 0 Å². The number of nitrogens with zero attached hydrogens (tertiary/aromatic N) is 3. The largest absolute Gasteiger partial charge is 0.393 e. The second-order valence-corrected chi connectivity index (χ2v) is 4.94. The number of hydrogen-bond donors (Lipinski definition) is 1. The Kier molecular flexibility index (Phi) is 2.32. The third-order valence-corrected chi connectivity index (χ3v) is 3.90. The van der Waals surface area contributed by atoms with Gasteiger partial charge in [0.2, 0.25) is 0 Å². The van der Waals surface area contributed by atoms with Crippen LogP contribution in [0.2, 0.25) is 0 Å². The van der Waals surface area contributed by atoms with Gasteiger partial charge in [0, 0.05) is 25.2 Å². The lowest BCUT2D eigenvalue weighted by Gasteiger charge is -2.19. The standard InChI is InChI=1S/C12H17N3O/c1-8-13-5-4-12(14-8)15-6-9-2-3-11(16)10(9)7-15/h4-5,9-11,16H,2-3,6-7H2,1H3. The van der Waals surface area contributed by atoms with E-state index in [-0.39, 0.29) is 6.10 Å². The molecule has 0 radical (unpaired) electrons. The molecule has 0 spiro atoms. The van der Waals surface area contributed by atoms with E-state index in [1.54, 1.807) is 0 Å². The van der Waals surface area contributed by atoms with Crippen LogP contribution in [0.25, 0.3) is 0 Å². The molecule has 3 unspecified atom stereocenters. The molecule has 4 nitrogen and oxygen atoms in total. The van der Waals surface area contributed by atoms with Gasteiger partial charge in [0.1, 0.15) is 11.6 Å².